The number of rotatable bonds is 7. The van der Waals surface area contributed by atoms with Crippen LogP contribution in [-0.4, -0.2) is 43.4 Å². The molecule has 1 fully saturated rings. The highest BCUT2D eigenvalue weighted by Crippen LogP contribution is 2.26. The lowest BCUT2D eigenvalue weighted by molar-refractivity contribution is -0.147. The Morgan fingerprint density at radius 2 is 1.66 bits per heavy atom. The molecule has 1 atom stereocenters. The molecule has 7 heteroatoms. The lowest BCUT2D eigenvalue weighted by atomic mass is 10.1. The van der Waals surface area contributed by atoms with Crippen molar-refractivity contribution >= 4 is 29.3 Å². The zero-order chi connectivity index (χ0) is 20.8. The standard InChI is InChI=1S/C22H21NO6/c1-2-28-21(26)16-8-10-18(11-9-16)23-13-17(12-20(23)25)22(27)29-14-19(24)15-6-4-3-5-7-15/h3-11,17H,2,12-14H2,1H3/t17-/m0/s1. The fourth-order valence-electron chi connectivity index (χ4n) is 3.07. The quantitative estimate of drug-likeness (QED) is 0.529. The van der Waals surface area contributed by atoms with E-state index in [0.717, 1.165) is 0 Å². The van der Waals surface area contributed by atoms with Crippen LogP contribution in [0.1, 0.15) is 34.1 Å². The van der Waals surface area contributed by atoms with Crippen LogP contribution in [0.2, 0.25) is 0 Å². The van der Waals surface area contributed by atoms with Crippen LogP contribution in [0.25, 0.3) is 0 Å². The molecule has 0 bridgehead atoms. The molecule has 150 valence electrons. The minimum atomic E-state index is -0.643. The molecule has 0 aliphatic carbocycles. The van der Waals surface area contributed by atoms with Gasteiger partial charge in [-0.1, -0.05) is 30.3 Å². The van der Waals surface area contributed by atoms with Crippen molar-refractivity contribution in [1.82, 2.24) is 0 Å². The number of carbonyl (C=O) groups excluding carboxylic acids is 4. The van der Waals surface area contributed by atoms with Gasteiger partial charge in [0.1, 0.15) is 0 Å². The van der Waals surface area contributed by atoms with Gasteiger partial charge in [-0.15, -0.1) is 0 Å². The summed E-state index contributed by atoms with van der Waals surface area (Å²) in [6.07, 6.45) is 0.0119. The number of hydrogen-bond donors (Lipinski definition) is 0. The Morgan fingerprint density at radius 1 is 0.966 bits per heavy atom. The molecule has 0 N–H and O–H groups in total. The number of ketones is 1. The van der Waals surface area contributed by atoms with Crippen molar-refractivity contribution in [2.24, 2.45) is 5.92 Å². The Bertz CT molecular complexity index is 907. The summed E-state index contributed by atoms with van der Waals surface area (Å²) in [5.74, 6) is -2.17. The molecule has 0 radical (unpaired) electrons. The molecular formula is C22H21NO6. The average molecular weight is 395 g/mol. The summed E-state index contributed by atoms with van der Waals surface area (Å²) in [6, 6.07) is 15.0. The highest BCUT2D eigenvalue weighted by atomic mass is 16.5. The van der Waals surface area contributed by atoms with Crippen LogP contribution >= 0.6 is 0 Å². The first-order chi connectivity index (χ1) is 14.0. The van der Waals surface area contributed by atoms with Gasteiger partial charge in [-0.05, 0) is 31.2 Å². The second kappa shape index (κ2) is 9.14. The number of carbonyl (C=O) groups is 4. The largest absolute Gasteiger partial charge is 0.462 e. The number of hydrogen-bond acceptors (Lipinski definition) is 6. The summed E-state index contributed by atoms with van der Waals surface area (Å²) in [6.45, 7) is 1.81. The fourth-order valence-corrected chi connectivity index (χ4v) is 3.07. The van der Waals surface area contributed by atoms with Crippen LogP contribution in [0.4, 0.5) is 5.69 Å². The molecular weight excluding hydrogens is 374 g/mol. The first-order valence-electron chi connectivity index (χ1n) is 9.32. The zero-order valence-corrected chi connectivity index (χ0v) is 16.0. The van der Waals surface area contributed by atoms with Crippen molar-refractivity contribution in [3.05, 3.63) is 65.7 Å². The van der Waals surface area contributed by atoms with Crippen molar-refractivity contribution in [2.45, 2.75) is 13.3 Å². The second-order valence-corrected chi connectivity index (χ2v) is 6.57. The SMILES string of the molecule is CCOC(=O)c1ccc(N2C[C@@H](C(=O)OCC(=O)c3ccccc3)CC2=O)cc1. The lowest BCUT2D eigenvalue weighted by Crippen LogP contribution is -2.27. The third kappa shape index (κ3) is 4.87. The number of esters is 2. The van der Waals surface area contributed by atoms with E-state index in [-0.39, 0.29) is 37.9 Å². The van der Waals surface area contributed by atoms with Gasteiger partial charge in [-0.25, -0.2) is 4.79 Å². The molecule has 29 heavy (non-hydrogen) atoms. The maximum absolute atomic E-state index is 12.3. The number of benzene rings is 2. The van der Waals surface area contributed by atoms with Crippen molar-refractivity contribution in [1.29, 1.82) is 0 Å². The van der Waals surface area contributed by atoms with Gasteiger partial charge in [0.05, 0.1) is 18.1 Å². The molecule has 1 saturated heterocycles. The molecule has 0 unspecified atom stereocenters. The third-order valence-corrected chi connectivity index (χ3v) is 4.59. The normalized spacial score (nSPS) is 15.8. The zero-order valence-electron chi connectivity index (χ0n) is 16.0. The Kier molecular flexibility index (Phi) is 6.39. The van der Waals surface area contributed by atoms with Crippen LogP contribution in [0.3, 0.4) is 0 Å². The number of Topliss-reactive ketones (excluding diaryl/α,β-unsaturated/α-hetero) is 1. The topological polar surface area (TPSA) is 90.0 Å². The van der Waals surface area contributed by atoms with Crippen molar-refractivity contribution in [3.63, 3.8) is 0 Å². The molecule has 0 spiro atoms. The van der Waals surface area contributed by atoms with Gasteiger partial charge in [0.25, 0.3) is 0 Å². The predicted molar refractivity (Wildman–Crippen MR) is 105 cm³/mol. The van der Waals surface area contributed by atoms with Crippen LogP contribution in [0, 0.1) is 5.92 Å². The molecule has 3 rings (SSSR count). The molecule has 1 aliphatic rings. The summed E-state index contributed by atoms with van der Waals surface area (Å²) >= 11 is 0. The van der Waals surface area contributed by atoms with Crippen molar-refractivity contribution in [3.8, 4) is 0 Å². The Hall–Kier alpha value is -3.48. The predicted octanol–water partition coefficient (Wildman–Crippen LogP) is 2.64. The molecule has 1 aliphatic heterocycles. The van der Waals surface area contributed by atoms with E-state index in [4.69, 9.17) is 9.47 Å². The van der Waals surface area contributed by atoms with Crippen LogP contribution < -0.4 is 4.90 Å². The molecule has 1 amide bonds. The molecule has 0 aromatic heterocycles. The van der Waals surface area contributed by atoms with Crippen LogP contribution in [0.5, 0.6) is 0 Å². The summed E-state index contributed by atoms with van der Waals surface area (Å²) in [5, 5.41) is 0. The van der Waals surface area contributed by atoms with E-state index in [1.54, 1.807) is 61.5 Å². The minimum Gasteiger partial charge on any atom is -0.462 e. The second-order valence-electron chi connectivity index (χ2n) is 6.57. The van der Waals surface area contributed by atoms with Crippen molar-refractivity contribution < 1.29 is 28.7 Å². The monoisotopic (exact) mass is 395 g/mol. The van der Waals surface area contributed by atoms with E-state index in [0.29, 0.717) is 16.8 Å². The number of ether oxygens (including phenoxy) is 2. The Labute approximate surface area is 168 Å². The van der Waals surface area contributed by atoms with E-state index >= 15 is 0 Å². The Morgan fingerprint density at radius 3 is 2.31 bits per heavy atom. The molecule has 2 aromatic rings. The summed E-state index contributed by atoms with van der Waals surface area (Å²) in [4.78, 5) is 49.9. The van der Waals surface area contributed by atoms with Crippen LogP contribution in [-0.2, 0) is 19.1 Å². The third-order valence-electron chi connectivity index (χ3n) is 4.59. The van der Waals surface area contributed by atoms with Gasteiger partial charge in [0.15, 0.2) is 12.4 Å². The number of nitrogens with zero attached hydrogens (tertiary/aromatic N) is 1. The average Bonchev–Trinajstić information content (AvgIpc) is 3.14. The fraction of sp³-hybridized carbons (Fsp3) is 0.273. The summed E-state index contributed by atoms with van der Waals surface area (Å²) < 4.78 is 10.1. The molecule has 2 aromatic carbocycles. The maximum atomic E-state index is 12.3. The highest BCUT2D eigenvalue weighted by Gasteiger charge is 2.36. The number of anilines is 1. The van der Waals surface area contributed by atoms with Gasteiger partial charge in [-0.3, -0.25) is 14.4 Å². The van der Waals surface area contributed by atoms with E-state index < -0.39 is 17.9 Å². The van der Waals surface area contributed by atoms with Gasteiger partial charge in [-0.2, -0.15) is 0 Å². The van der Waals surface area contributed by atoms with E-state index in [1.807, 2.05) is 0 Å². The summed E-state index contributed by atoms with van der Waals surface area (Å²) in [7, 11) is 0. The first kappa shape index (κ1) is 20.3. The minimum absolute atomic E-state index is 0.0119. The van der Waals surface area contributed by atoms with E-state index in [1.165, 1.54) is 4.90 Å². The first-order valence-corrected chi connectivity index (χ1v) is 9.32. The summed E-state index contributed by atoms with van der Waals surface area (Å²) in [5.41, 5.74) is 1.43. The van der Waals surface area contributed by atoms with Crippen molar-refractivity contribution in [2.75, 3.05) is 24.7 Å². The molecule has 0 saturated carbocycles. The van der Waals surface area contributed by atoms with E-state index in [2.05, 4.69) is 0 Å². The van der Waals surface area contributed by atoms with E-state index in [9.17, 15) is 19.2 Å². The molecule has 1 heterocycles. The van der Waals surface area contributed by atoms with Gasteiger partial charge < -0.3 is 14.4 Å². The van der Waals surface area contributed by atoms with Gasteiger partial charge >= 0.3 is 11.9 Å². The smallest absolute Gasteiger partial charge is 0.338 e. The van der Waals surface area contributed by atoms with Gasteiger partial charge in [0, 0.05) is 24.2 Å². The Balaban J connectivity index is 1.57. The molecule has 7 nitrogen and oxygen atoms in total. The number of amides is 1. The maximum Gasteiger partial charge on any atom is 0.338 e. The van der Waals surface area contributed by atoms with Gasteiger partial charge in [0.2, 0.25) is 5.91 Å². The highest BCUT2D eigenvalue weighted by molar-refractivity contribution is 6.01. The lowest BCUT2D eigenvalue weighted by Gasteiger charge is -2.17. The van der Waals surface area contributed by atoms with Crippen LogP contribution in [0.15, 0.2) is 54.6 Å².